The zero-order valence-electron chi connectivity index (χ0n) is 9.50. The van der Waals surface area contributed by atoms with Crippen LogP contribution in [0, 0.1) is 0 Å². The number of hydrogen-bond donors (Lipinski definition) is 1. The first-order chi connectivity index (χ1) is 8.47. The summed E-state index contributed by atoms with van der Waals surface area (Å²) in [5.41, 5.74) is 0. The highest BCUT2D eigenvalue weighted by Crippen LogP contribution is 2.10. The van der Waals surface area contributed by atoms with Crippen molar-refractivity contribution in [3.8, 4) is 0 Å². The molecule has 0 aromatic carbocycles. The molecule has 0 saturated carbocycles. The van der Waals surface area contributed by atoms with E-state index in [0.29, 0.717) is 0 Å². The number of esters is 4. The maximum atomic E-state index is 10.5. The maximum Gasteiger partial charge on any atom is 0.343 e. The number of hydrogen-bond acceptors (Lipinski definition) is 8. The van der Waals surface area contributed by atoms with Crippen LogP contribution < -0.4 is 5.09 Å². The quantitative estimate of drug-likeness (QED) is 0.376. The summed E-state index contributed by atoms with van der Waals surface area (Å²) in [5.74, 6) is -2.04. The molecule has 2 fully saturated rings. The van der Waals surface area contributed by atoms with Crippen molar-refractivity contribution >= 4 is 33.3 Å². The number of methoxy groups -OCH3 is 1. The Morgan fingerprint density at radius 2 is 1.67 bits per heavy atom. The first-order valence-corrected chi connectivity index (χ1v) is 5.53. The van der Waals surface area contributed by atoms with E-state index in [1.54, 1.807) is 0 Å². The summed E-state index contributed by atoms with van der Waals surface area (Å²) in [6.45, 7) is 0. The van der Waals surface area contributed by atoms with Crippen LogP contribution in [0.5, 0.6) is 0 Å². The molecule has 0 radical (unpaired) electrons. The zero-order valence-corrected chi connectivity index (χ0v) is 10.7. The summed E-state index contributed by atoms with van der Waals surface area (Å²) in [5, 5.41) is 2.57. The van der Waals surface area contributed by atoms with Crippen LogP contribution >= 0.6 is 9.39 Å². The molecule has 100 valence electrons. The summed E-state index contributed by atoms with van der Waals surface area (Å²) in [4.78, 5) is 41.6. The molecule has 9 heteroatoms. The smallest absolute Gasteiger partial charge is 0.343 e. The molecule has 0 amide bonds. The van der Waals surface area contributed by atoms with E-state index >= 15 is 0 Å². The molecule has 18 heavy (non-hydrogen) atoms. The SMILES string of the molecule is COC1CC(=O)OC1=O.O=C1CC(NP)C(=O)O1. The topological polar surface area (TPSA) is 108 Å². The van der Waals surface area contributed by atoms with Crippen LogP contribution in [0.2, 0.25) is 0 Å². The van der Waals surface area contributed by atoms with Gasteiger partial charge >= 0.3 is 23.9 Å². The molecule has 3 unspecified atom stereocenters. The largest absolute Gasteiger partial charge is 0.392 e. The van der Waals surface area contributed by atoms with Gasteiger partial charge in [-0.3, -0.25) is 14.7 Å². The first-order valence-electron chi connectivity index (χ1n) is 4.96. The number of carbonyl (C=O) groups is 4. The van der Waals surface area contributed by atoms with Gasteiger partial charge in [-0.25, -0.2) is 9.59 Å². The predicted octanol–water partition coefficient (Wildman–Crippen LogP) is -1.32. The lowest BCUT2D eigenvalue weighted by Crippen LogP contribution is -2.24. The van der Waals surface area contributed by atoms with Gasteiger partial charge in [0.15, 0.2) is 6.10 Å². The third kappa shape index (κ3) is 3.83. The summed E-state index contributed by atoms with van der Waals surface area (Å²) >= 11 is 0. The van der Waals surface area contributed by atoms with Crippen LogP contribution in [0.15, 0.2) is 0 Å². The van der Waals surface area contributed by atoms with Crippen molar-refractivity contribution in [2.24, 2.45) is 0 Å². The van der Waals surface area contributed by atoms with Crippen LogP contribution in [0.1, 0.15) is 12.8 Å². The predicted molar refractivity (Wildman–Crippen MR) is 58.9 cm³/mol. The van der Waals surface area contributed by atoms with Crippen molar-refractivity contribution in [1.82, 2.24) is 5.09 Å². The van der Waals surface area contributed by atoms with Crippen LogP contribution in [-0.4, -0.2) is 43.1 Å². The lowest BCUT2D eigenvalue weighted by molar-refractivity contribution is -0.155. The Kier molecular flexibility index (Phi) is 5.33. The number of ether oxygens (including phenoxy) is 3. The van der Waals surface area contributed by atoms with Crippen molar-refractivity contribution in [2.75, 3.05) is 7.11 Å². The number of cyclic esters (lactones) is 4. The highest BCUT2D eigenvalue weighted by atomic mass is 31.0. The Morgan fingerprint density at radius 3 is 1.89 bits per heavy atom. The fourth-order valence-corrected chi connectivity index (χ4v) is 1.49. The fourth-order valence-electron chi connectivity index (χ4n) is 1.24. The lowest BCUT2D eigenvalue weighted by Gasteiger charge is -1.97. The lowest BCUT2D eigenvalue weighted by atomic mass is 10.3. The molecule has 3 atom stereocenters. The average molecular weight is 277 g/mol. The Bertz CT molecular complexity index is 347. The van der Waals surface area contributed by atoms with Gasteiger partial charge in [-0.05, 0) is 0 Å². The van der Waals surface area contributed by atoms with Gasteiger partial charge in [0.25, 0.3) is 0 Å². The molecule has 0 bridgehead atoms. The number of carbonyl (C=O) groups excluding carboxylic acids is 4. The Morgan fingerprint density at radius 1 is 1.11 bits per heavy atom. The fraction of sp³-hybridized carbons (Fsp3) is 0.556. The summed E-state index contributed by atoms with van der Waals surface area (Å²) in [7, 11) is 3.53. The second kappa shape index (κ2) is 6.53. The molecule has 0 aliphatic carbocycles. The van der Waals surface area contributed by atoms with E-state index in [0.717, 1.165) is 0 Å². The summed E-state index contributed by atoms with van der Waals surface area (Å²) in [6.07, 6.45) is -0.477. The van der Waals surface area contributed by atoms with E-state index in [4.69, 9.17) is 0 Å². The van der Waals surface area contributed by atoms with Gasteiger partial charge in [0.2, 0.25) is 0 Å². The van der Waals surface area contributed by atoms with Crippen molar-refractivity contribution in [2.45, 2.75) is 25.0 Å². The highest BCUT2D eigenvalue weighted by molar-refractivity contribution is 7.13. The van der Waals surface area contributed by atoms with Crippen LogP contribution in [0.4, 0.5) is 0 Å². The minimum Gasteiger partial charge on any atom is -0.392 e. The van der Waals surface area contributed by atoms with E-state index < -0.39 is 36.0 Å². The molecule has 2 heterocycles. The van der Waals surface area contributed by atoms with E-state index in [9.17, 15) is 19.2 Å². The molecule has 0 aromatic rings. The van der Waals surface area contributed by atoms with E-state index in [-0.39, 0.29) is 12.8 Å². The van der Waals surface area contributed by atoms with Crippen molar-refractivity contribution in [3.63, 3.8) is 0 Å². The van der Waals surface area contributed by atoms with Gasteiger partial charge in [0.05, 0.1) is 12.8 Å². The minimum absolute atomic E-state index is 0.0509. The van der Waals surface area contributed by atoms with E-state index in [2.05, 4.69) is 28.7 Å². The second-order valence-corrected chi connectivity index (χ2v) is 3.77. The number of rotatable bonds is 2. The number of nitrogens with one attached hydrogen (secondary N) is 1. The third-order valence-corrected chi connectivity index (χ3v) is 2.59. The monoisotopic (exact) mass is 277 g/mol. The first kappa shape index (κ1) is 14.7. The van der Waals surface area contributed by atoms with E-state index in [1.165, 1.54) is 7.11 Å². The second-order valence-electron chi connectivity index (χ2n) is 3.44. The van der Waals surface area contributed by atoms with Gasteiger partial charge in [0.1, 0.15) is 6.04 Å². The van der Waals surface area contributed by atoms with Gasteiger partial charge < -0.3 is 14.2 Å². The van der Waals surface area contributed by atoms with Crippen LogP contribution in [0.3, 0.4) is 0 Å². The molecule has 0 spiro atoms. The zero-order chi connectivity index (χ0) is 13.7. The standard InChI is InChI=1S/C5H6O4.C4H6NO3P/c1-8-3-2-4(6)9-5(3)7;6-3-1-2(5-9)4(7)8-3/h3H,2H2,1H3;2,5H,1,9H2. The Labute approximate surface area is 105 Å². The molecule has 2 aliphatic heterocycles. The van der Waals surface area contributed by atoms with E-state index in [1.807, 2.05) is 0 Å². The maximum absolute atomic E-state index is 10.5. The van der Waals surface area contributed by atoms with Gasteiger partial charge in [-0.1, -0.05) is 9.39 Å². The van der Waals surface area contributed by atoms with Crippen molar-refractivity contribution < 1.29 is 33.4 Å². The average Bonchev–Trinajstić information content (AvgIpc) is 2.81. The molecule has 2 aliphatic rings. The Hall–Kier alpha value is -1.37. The third-order valence-electron chi connectivity index (χ3n) is 2.18. The van der Waals surface area contributed by atoms with Gasteiger partial charge in [-0.15, -0.1) is 0 Å². The van der Waals surface area contributed by atoms with Crippen LogP contribution in [0.25, 0.3) is 0 Å². The normalized spacial score (nSPS) is 26.6. The van der Waals surface area contributed by atoms with Crippen LogP contribution in [-0.2, 0) is 33.4 Å². The van der Waals surface area contributed by atoms with Crippen molar-refractivity contribution in [3.05, 3.63) is 0 Å². The molecule has 2 rings (SSSR count). The molecule has 8 nitrogen and oxygen atoms in total. The van der Waals surface area contributed by atoms with Gasteiger partial charge in [-0.2, -0.15) is 0 Å². The molecule has 1 N–H and O–H groups in total. The molecule has 0 aromatic heterocycles. The summed E-state index contributed by atoms with van der Waals surface area (Å²) in [6, 6.07) is -0.456. The minimum atomic E-state index is -0.669. The van der Waals surface area contributed by atoms with Crippen molar-refractivity contribution in [1.29, 1.82) is 0 Å². The Balaban J connectivity index is 0.000000180. The van der Waals surface area contributed by atoms with Gasteiger partial charge in [0, 0.05) is 7.11 Å². The molecular formula is C9H12NO7P. The summed E-state index contributed by atoms with van der Waals surface area (Å²) < 4.78 is 13.0. The molecular weight excluding hydrogens is 265 g/mol. The molecule has 2 saturated heterocycles. The highest BCUT2D eigenvalue weighted by Gasteiger charge is 2.33.